The third kappa shape index (κ3) is 6.34. The predicted molar refractivity (Wildman–Crippen MR) is 125 cm³/mol. The Morgan fingerprint density at radius 2 is 1.85 bits per heavy atom. The standard InChI is InChI=1S/C25H25N3O5/c1-3-18-5-4-6-20(13-18)28-25-19(16-26)17-27-22-15-24(33-12-10-31-8-7-29)23(14-21(22)25)32-11-9-30-2/h1,4-6,13-15,17,29H,7-12H2,2H3,(H,27,28). The highest BCUT2D eigenvalue weighted by atomic mass is 16.6. The number of aliphatic hydroxyl groups is 1. The average Bonchev–Trinajstić information content (AvgIpc) is 2.84. The minimum atomic E-state index is -0.0491. The number of benzene rings is 2. The Morgan fingerprint density at radius 3 is 2.58 bits per heavy atom. The Labute approximate surface area is 192 Å². The number of anilines is 2. The molecular formula is C25H25N3O5. The first-order valence-electron chi connectivity index (χ1n) is 10.3. The smallest absolute Gasteiger partial charge is 0.163 e. The second kappa shape index (κ2) is 12.3. The highest BCUT2D eigenvalue weighted by Gasteiger charge is 2.15. The molecule has 8 nitrogen and oxygen atoms in total. The molecule has 2 aromatic carbocycles. The number of nitriles is 1. The van der Waals surface area contributed by atoms with Gasteiger partial charge in [0, 0.05) is 36.0 Å². The molecule has 0 amide bonds. The van der Waals surface area contributed by atoms with Crippen LogP contribution in [-0.4, -0.2) is 56.8 Å². The van der Waals surface area contributed by atoms with Crippen LogP contribution in [0.15, 0.2) is 42.6 Å². The number of hydrogen-bond acceptors (Lipinski definition) is 8. The second-order valence-corrected chi connectivity index (χ2v) is 6.85. The van der Waals surface area contributed by atoms with Gasteiger partial charge < -0.3 is 29.4 Å². The molecule has 0 spiro atoms. The van der Waals surface area contributed by atoms with Crippen LogP contribution >= 0.6 is 0 Å². The minimum absolute atomic E-state index is 0.0491. The van der Waals surface area contributed by atoms with Crippen molar-refractivity contribution in [1.82, 2.24) is 4.98 Å². The Morgan fingerprint density at radius 1 is 1.06 bits per heavy atom. The molecule has 0 aliphatic carbocycles. The normalized spacial score (nSPS) is 10.4. The van der Waals surface area contributed by atoms with Gasteiger partial charge in [0.15, 0.2) is 11.5 Å². The summed E-state index contributed by atoms with van der Waals surface area (Å²) in [6.07, 6.45) is 7.03. The van der Waals surface area contributed by atoms with Crippen LogP contribution in [0.3, 0.4) is 0 Å². The molecule has 3 rings (SSSR count). The maximum absolute atomic E-state index is 9.67. The van der Waals surface area contributed by atoms with Gasteiger partial charge in [0.2, 0.25) is 0 Å². The molecule has 0 saturated carbocycles. The molecule has 33 heavy (non-hydrogen) atoms. The number of pyridine rings is 1. The van der Waals surface area contributed by atoms with Crippen molar-refractivity contribution >= 4 is 22.3 Å². The van der Waals surface area contributed by atoms with Crippen LogP contribution in [0.1, 0.15) is 11.1 Å². The fraction of sp³-hybridized carbons (Fsp3) is 0.280. The molecule has 0 fully saturated rings. The van der Waals surface area contributed by atoms with Crippen LogP contribution in [0.25, 0.3) is 10.9 Å². The summed E-state index contributed by atoms with van der Waals surface area (Å²) in [7, 11) is 1.59. The lowest BCUT2D eigenvalue weighted by Gasteiger charge is -2.16. The summed E-state index contributed by atoms with van der Waals surface area (Å²) < 4.78 is 22.1. The van der Waals surface area contributed by atoms with E-state index in [1.165, 1.54) is 6.20 Å². The van der Waals surface area contributed by atoms with E-state index in [1.54, 1.807) is 19.2 Å². The van der Waals surface area contributed by atoms with Crippen LogP contribution in [0.2, 0.25) is 0 Å². The van der Waals surface area contributed by atoms with Gasteiger partial charge >= 0.3 is 0 Å². The number of nitrogens with one attached hydrogen (secondary N) is 1. The van der Waals surface area contributed by atoms with Crippen LogP contribution in [0, 0.1) is 23.7 Å². The van der Waals surface area contributed by atoms with Gasteiger partial charge in [-0.25, -0.2) is 0 Å². The van der Waals surface area contributed by atoms with Gasteiger partial charge in [-0.3, -0.25) is 4.98 Å². The van der Waals surface area contributed by atoms with E-state index >= 15 is 0 Å². The number of nitrogens with zero attached hydrogens (tertiary/aromatic N) is 2. The molecule has 8 heteroatoms. The summed E-state index contributed by atoms with van der Waals surface area (Å²) in [6, 6.07) is 13.1. The minimum Gasteiger partial charge on any atom is -0.487 e. The van der Waals surface area contributed by atoms with Crippen LogP contribution in [0.5, 0.6) is 11.5 Å². The number of fused-ring (bicyclic) bond motifs is 1. The summed E-state index contributed by atoms with van der Waals surface area (Å²) in [5.41, 5.74) is 3.06. The van der Waals surface area contributed by atoms with Crippen LogP contribution in [0.4, 0.5) is 11.4 Å². The second-order valence-electron chi connectivity index (χ2n) is 6.85. The Hall–Kier alpha value is -3.82. The molecule has 1 aromatic heterocycles. The molecule has 0 saturated heterocycles. The monoisotopic (exact) mass is 447 g/mol. The van der Waals surface area contributed by atoms with E-state index in [-0.39, 0.29) is 19.8 Å². The lowest BCUT2D eigenvalue weighted by atomic mass is 10.1. The zero-order valence-corrected chi connectivity index (χ0v) is 18.3. The molecule has 0 radical (unpaired) electrons. The maximum Gasteiger partial charge on any atom is 0.163 e. The van der Waals surface area contributed by atoms with Gasteiger partial charge in [-0.1, -0.05) is 12.0 Å². The Bertz CT molecular complexity index is 1170. The quantitative estimate of drug-likeness (QED) is 0.322. The Balaban J connectivity index is 1.99. The van der Waals surface area contributed by atoms with E-state index in [4.69, 9.17) is 30.5 Å². The van der Waals surface area contributed by atoms with Crippen molar-refractivity contribution < 1.29 is 24.1 Å². The van der Waals surface area contributed by atoms with Gasteiger partial charge in [0.25, 0.3) is 0 Å². The summed E-state index contributed by atoms with van der Waals surface area (Å²) in [6.45, 7) is 1.50. The number of terminal acetylenes is 1. The van der Waals surface area contributed by atoms with E-state index < -0.39 is 0 Å². The topological polar surface area (TPSA) is 106 Å². The molecule has 0 aliphatic heterocycles. The van der Waals surface area contributed by atoms with Gasteiger partial charge in [-0.05, 0) is 24.3 Å². The molecule has 2 N–H and O–H groups in total. The van der Waals surface area contributed by atoms with E-state index in [0.717, 1.165) is 11.3 Å². The summed E-state index contributed by atoms with van der Waals surface area (Å²) in [5.74, 6) is 3.58. The van der Waals surface area contributed by atoms with E-state index in [2.05, 4.69) is 22.3 Å². The Kier molecular flexibility index (Phi) is 8.87. The summed E-state index contributed by atoms with van der Waals surface area (Å²) >= 11 is 0. The number of aliphatic hydroxyl groups excluding tert-OH is 1. The molecule has 0 unspecified atom stereocenters. The number of methoxy groups -OCH3 is 1. The van der Waals surface area contributed by atoms with Gasteiger partial charge in [0.05, 0.1) is 43.2 Å². The number of aromatic nitrogens is 1. The number of rotatable bonds is 12. The van der Waals surface area contributed by atoms with Crippen molar-refractivity contribution in [3.05, 3.63) is 53.7 Å². The number of hydrogen-bond donors (Lipinski definition) is 2. The first-order chi connectivity index (χ1) is 16.2. The molecule has 3 aromatic rings. The van der Waals surface area contributed by atoms with E-state index in [1.807, 2.05) is 24.3 Å². The van der Waals surface area contributed by atoms with Crippen LogP contribution < -0.4 is 14.8 Å². The lowest BCUT2D eigenvalue weighted by molar-refractivity contribution is 0.0693. The van der Waals surface area contributed by atoms with Crippen molar-refractivity contribution in [2.45, 2.75) is 0 Å². The van der Waals surface area contributed by atoms with E-state index in [9.17, 15) is 5.26 Å². The predicted octanol–water partition coefficient (Wildman–Crippen LogP) is 3.24. The molecule has 0 atom stereocenters. The first kappa shape index (κ1) is 23.8. The fourth-order valence-corrected chi connectivity index (χ4v) is 3.09. The van der Waals surface area contributed by atoms with Gasteiger partial charge in [-0.2, -0.15) is 5.26 Å². The average molecular weight is 447 g/mol. The molecule has 170 valence electrons. The lowest BCUT2D eigenvalue weighted by Crippen LogP contribution is -2.11. The number of ether oxygens (including phenoxy) is 4. The van der Waals surface area contributed by atoms with Gasteiger partial charge in [0.1, 0.15) is 19.3 Å². The third-order valence-corrected chi connectivity index (χ3v) is 4.62. The molecule has 0 aliphatic rings. The molecule has 0 bridgehead atoms. The zero-order valence-electron chi connectivity index (χ0n) is 18.3. The van der Waals surface area contributed by atoms with Crippen molar-refractivity contribution in [3.63, 3.8) is 0 Å². The highest BCUT2D eigenvalue weighted by molar-refractivity contribution is 5.97. The fourth-order valence-electron chi connectivity index (χ4n) is 3.09. The van der Waals surface area contributed by atoms with Crippen molar-refractivity contribution in [3.8, 4) is 29.9 Å². The molecular weight excluding hydrogens is 422 g/mol. The van der Waals surface area contributed by atoms with Crippen molar-refractivity contribution in [2.75, 3.05) is 52.1 Å². The third-order valence-electron chi connectivity index (χ3n) is 4.62. The molecule has 1 heterocycles. The van der Waals surface area contributed by atoms with E-state index in [0.29, 0.717) is 53.5 Å². The van der Waals surface area contributed by atoms with Crippen molar-refractivity contribution in [1.29, 1.82) is 5.26 Å². The van der Waals surface area contributed by atoms with Crippen molar-refractivity contribution in [2.24, 2.45) is 0 Å². The summed E-state index contributed by atoms with van der Waals surface area (Å²) in [5, 5.41) is 22.5. The maximum atomic E-state index is 9.67. The summed E-state index contributed by atoms with van der Waals surface area (Å²) in [4.78, 5) is 4.42. The zero-order chi connectivity index (χ0) is 23.5. The van der Waals surface area contributed by atoms with Gasteiger partial charge in [-0.15, -0.1) is 6.42 Å². The first-order valence-corrected chi connectivity index (χ1v) is 10.3. The van der Waals surface area contributed by atoms with Crippen LogP contribution in [-0.2, 0) is 9.47 Å². The SMILES string of the molecule is C#Cc1cccc(Nc2c(C#N)cnc3cc(OCCOCCO)c(OCCOC)cc23)c1. The highest BCUT2D eigenvalue weighted by Crippen LogP contribution is 2.37. The largest absolute Gasteiger partial charge is 0.487 e.